The predicted molar refractivity (Wildman–Crippen MR) is 153 cm³/mol. The van der Waals surface area contributed by atoms with E-state index in [-0.39, 0.29) is 0 Å². The van der Waals surface area contributed by atoms with Gasteiger partial charge in [0.05, 0.1) is 5.52 Å². The van der Waals surface area contributed by atoms with Crippen LogP contribution in [-0.4, -0.2) is 15.0 Å². The van der Waals surface area contributed by atoms with Crippen molar-refractivity contribution in [2.45, 2.75) is 0 Å². The maximum atomic E-state index is 4.32. The molecule has 0 aliphatic rings. The second kappa shape index (κ2) is 8.89. The van der Waals surface area contributed by atoms with Crippen LogP contribution in [0, 0.1) is 0 Å². The van der Waals surface area contributed by atoms with E-state index in [0.717, 1.165) is 33.3 Å². The molecular formula is C34H23N3. The molecule has 0 aliphatic heterocycles. The molecule has 0 spiro atoms. The van der Waals surface area contributed by atoms with Gasteiger partial charge in [0, 0.05) is 57.8 Å². The minimum atomic E-state index is 1.11. The van der Waals surface area contributed by atoms with Crippen LogP contribution in [0.2, 0.25) is 0 Å². The van der Waals surface area contributed by atoms with E-state index in [1.807, 2.05) is 36.9 Å². The fourth-order valence-electron chi connectivity index (χ4n) is 5.16. The summed E-state index contributed by atoms with van der Waals surface area (Å²) in [6.45, 7) is 0. The summed E-state index contributed by atoms with van der Waals surface area (Å²) in [5.74, 6) is 0. The zero-order valence-corrected chi connectivity index (χ0v) is 20.1. The SMILES string of the molecule is c1cncc(-c2cccc(-c3cc(-c4cccc(-c5cccnc5)c4)c4[nH]c5ccccc5c4c3)c2)c1. The molecule has 3 aromatic heterocycles. The molecule has 0 saturated carbocycles. The number of hydrogen-bond acceptors (Lipinski definition) is 2. The van der Waals surface area contributed by atoms with Crippen LogP contribution >= 0.6 is 0 Å². The summed E-state index contributed by atoms with van der Waals surface area (Å²) < 4.78 is 0. The highest BCUT2D eigenvalue weighted by Gasteiger charge is 2.14. The molecule has 4 aromatic carbocycles. The molecule has 3 heterocycles. The topological polar surface area (TPSA) is 41.6 Å². The van der Waals surface area contributed by atoms with E-state index in [1.165, 1.54) is 33.0 Å². The number of aromatic amines is 1. The lowest BCUT2D eigenvalue weighted by atomic mass is 9.93. The molecule has 174 valence electrons. The fourth-order valence-corrected chi connectivity index (χ4v) is 5.16. The second-order valence-corrected chi connectivity index (χ2v) is 9.26. The van der Waals surface area contributed by atoms with Crippen molar-refractivity contribution in [2.75, 3.05) is 0 Å². The summed E-state index contributed by atoms with van der Waals surface area (Å²) in [5, 5.41) is 2.45. The van der Waals surface area contributed by atoms with E-state index in [1.54, 1.807) is 0 Å². The molecule has 7 rings (SSSR count). The zero-order chi connectivity index (χ0) is 24.6. The summed E-state index contributed by atoms with van der Waals surface area (Å²) in [7, 11) is 0. The molecule has 0 fully saturated rings. The quantitative estimate of drug-likeness (QED) is 0.277. The van der Waals surface area contributed by atoms with E-state index >= 15 is 0 Å². The van der Waals surface area contributed by atoms with Crippen LogP contribution in [0.25, 0.3) is 66.3 Å². The van der Waals surface area contributed by atoms with Crippen molar-refractivity contribution in [1.29, 1.82) is 0 Å². The highest BCUT2D eigenvalue weighted by Crippen LogP contribution is 2.39. The Morgan fingerprint density at radius 3 is 1.70 bits per heavy atom. The number of rotatable bonds is 4. The highest BCUT2D eigenvalue weighted by atomic mass is 14.7. The first-order valence-corrected chi connectivity index (χ1v) is 12.4. The summed E-state index contributed by atoms with van der Waals surface area (Å²) in [5.41, 5.74) is 11.5. The number of nitrogens with one attached hydrogen (secondary N) is 1. The summed E-state index contributed by atoms with van der Waals surface area (Å²) in [4.78, 5) is 12.3. The third-order valence-electron chi connectivity index (χ3n) is 6.97. The van der Waals surface area contributed by atoms with Crippen LogP contribution in [0.4, 0.5) is 0 Å². The number of aromatic nitrogens is 3. The van der Waals surface area contributed by atoms with E-state index in [2.05, 4.69) is 112 Å². The Labute approximate surface area is 215 Å². The average Bonchev–Trinajstić information content (AvgIpc) is 3.36. The van der Waals surface area contributed by atoms with Gasteiger partial charge < -0.3 is 4.98 Å². The van der Waals surface area contributed by atoms with Gasteiger partial charge in [0.2, 0.25) is 0 Å². The van der Waals surface area contributed by atoms with Crippen molar-refractivity contribution in [3.63, 3.8) is 0 Å². The van der Waals surface area contributed by atoms with Gasteiger partial charge in [-0.3, -0.25) is 9.97 Å². The van der Waals surface area contributed by atoms with Crippen molar-refractivity contribution in [3.8, 4) is 44.5 Å². The van der Waals surface area contributed by atoms with Crippen molar-refractivity contribution < 1.29 is 0 Å². The summed E-state index contributed by atoms with van der Waals surface area (Å²) in [6, 6.07) is 38.7. The molecule has 3 heteroatoms. The van der Waals surface area contributed by atoms with Crippen LogP contribution < -0.4 is 0 Å². The van der Waals surface area contributed by atoms with Crippen LogP contribution in [-0.2, 0) is 0 Å². The number of nitrogens with zero attached hydrogens (tertiary/aromatic N) is 2. The molecule has 7 aromatic rings. The molecule has 0 atom stereocenters. The molecule has 0 unspecified atom stereocenters. The lowest BCUT2D eigenvalue weighted by molar-refractivity contribution is 1.33. The Kier molecular flexibility index (Phi) is 5.11. The van der Waals surface area contributed by atoms with E-state index in [0.29, 0.717) is 0 Å². The average molecular weight is 474 g/mol. The predicted octanol–water partition coefficient (Wildman–Crippen LogP) is 8.78. The molecular weight excluding hydrogens is 450 g/mol. The van der Waals surface area contributed by atoms with E-state index in [9.17, 15) is 0 Å². The standard InChI is InChI=1S/C34H23N3/c1-2-14-33-30(13-1)32-20-29(25-9-3-7-23(17-25)27-11-5-15-35-21-27)19-31(34(32)37-33)26-10-4-8-24(18-26)28-12-6-16-36-22-28/h1-22,37H. The van der Waals surface area contributed by atoms with Crippen LogP contribution in [0.3, 0.4) is 0 Å². The number of benzene rings is 4. The highest BCUT2D eigenvalue weighted by molar-refractivity contribution is 6.13. The normalized spacial score (nSPS) is 11.2. The molecule has 1 N–H and O–H groups in total. The van der Waals surface area contributed by atoms with Gasteiger partial charge in [0.15, 0.2) is 0 Å². The van der Waals surface area contributed by atoms with Gasteiger partial charge in [-0.1, -0.05) is 66.7 Å². The number of pyridine rings is 2. The Morgan fingerprint density at radius 2 is 1.03 bits per heavy atom. The number of H-pyrrole nitrogens is 1. The number of fused-ring (bicyclic) bond motifs is 3. The molecule has 0 bridgehead atoms. The molecule has 0 aliphatic carbocycles. The summed E-state index contributed by atoms with van der Waals surface area (Å²) in [6.07, 6.45) is 7.45. The number of hydrogen-bond donors (Lipinski definition) is 1. The minimum absolute atomic E-state index is 1.11. The summed E-state index contributed by atoms with van der Waals surface area (Å²) >= 11 is 0. The lowest BCUT2D eigenvalue weighted by Gasteiger charge is -2.12. The van der Waals surface area contributed by atoms with Gasteiger partial charge in [0.1, 0.15) is 0 Å². The first kappa shape index (κ1) is 21.3. The van der Waals surface area contributed by atoms with Gasteiger partial charge in [-0.15, -0.1) is 0 Å². The Morgan fingerprint density at radius 1 is 0.432 bits per heavy atom. The fraction of sp³-hybridized carbons (Fsp3) is 0. The molecule has 0 saturated heterocycles. The van der Waals surface area contributed by atoms with Gasteiger partial charge in [-0.25, -0.2) is 0 Å². The first-order chi connectivity index (χ1) is 18.3. The third-order valence-corrected chi connectivity index (χ3v) is 6.97. The molecule has 0 amide bonds. The monoisotopic (exact) mass is 473 g/mol. The van der Waals surface area contributed by atoms with Crippen LogP contribution in [0.15, 0.2) is 134 Å². The van der Waals surface area contributed by atoms with Crippen molar-refractivity contribution in [1.82, 2.24) is 15.0 Å². The molecule has 0 radical (unpaired) electrons. The van der Waals surface area contributed by atoms with Crippen LogP contribution in [0.5, 0.6) is 0 Å². The van der Waals surface area contributed by atoms with Gasteiger partial charge in [0.25, 0.3) is 0 Å². The molecule has 3 nitrogen and oxygen atoms in total. The lowest BCUT2D eigenvalue weighted by Crippen LogP contribution is -1.87. The van der Waals surface area contributed by atoms with Crippen molar-refractivity contribution >= 4 is 21.8 Å². The smallest absolute Gasteiger partial charge is 0.0544 e. The van der Waals surface area contributed by atoms with Crippen molar-refractivity contribution in [2.24, 2.45) is 0 Å². The van der Waals surface area contributed by atoms with Gasteiger partial charge in [-0.05, 0) is 70.3 Å². The van der Waals surface area contributed by atoms with Crippen molar-refractivity contribution in [3.05, 3.63) is 134 Å². The Bertz CT molecular complexity index is 1870. The van der Waals surface area contributed by atoms with Gasteiger partial charge in [-0.2, -0.15) is 0 Å². The largest absolute Gasteiger partial charge is 0.354 e. The first-order valence-electron chi connectivity index (χ1n) is 12.4. The van der Waals surface area contributed by atoms with E-state index < -0.39 is 0 Å². The maximum Gasteiger partial charge on any atom is 0.0544 e. The second-order valence-electron chi connectivity index (χ2n) is 9.26. The maximum absolute atomic E-state index is 4.32. The van der Waals surface area contributed by atoms with Crippen LogP contribution in [0.1, 0.15) is 0 Å². The third kappa shape index (κ3) is 3.87. The Hall–Kier alpha value is -5.02. The minimum Gasteiger partial charge on any atom is -0.354 e. The Balaban J connectivity index is 1.46. The van der Waals surface area contributed by atoms with Gasteiger partial charge >= 0.3 is 0 Å². The zero-order valence-electron chi connectivity index (χ0n) is 20.1. The van der Waals surface area contributed by atoms with E-state index in [4.69, 9.17) is 0 Å². The molecule has 37 heavy (non-hydrogen) atoms. The number of para-hydroxylation sites is 1.